The van der Waals surface area contributed by atoms with E-state index < -0.39 is 32.5 Å². The number of carbonyl (C=O) groups is 2. The molecule has 0 fully saturated rings. The van der Waals surface area contributed by atoms with Gasteiger partial charge in [-0.3, -0.25) is 14.1 Å². The van der Waals surface area contributed by atoms with Crippen LogP contribution in [0, 0.1) is 0 Å². The monoisotopic (exact) mass is 548 g/mol. The van der Waals surface area contributed by atoms with Gasteiger partial charge in [-0.1, -0.05) is 103 Å². The Balaban J connectivity index is 4.09. The van der Waals surface area contributed by atoms with Gasteiger partial charge < -0.3 is 19.3 Å². The molecule has 8 nitrogen and oxygen atoms in total. The summed E-state index contributed by atoms with van der Waals surface area (Å²) in [5.41, 5.74) is 0. The highest BCUT2D eigenvalue weighted by Crippen LogP contribution is 2.35. The van der Waals surface area contributed by atoms with Crippen molar-refractivity contribution in [3.63, 3.8) is 0 Å². The zero-order chi connectivity index (χ0) is 27.6. The fraction of sp³-hybridized carbons (Fsp3) is 0.857. The first kappa shape index (κ1) is 35.8. The molecule has 0 bridgehead atoms. The van der Waals surface area contributed by atoms with Crippen molar-refractivity contribution < 1.29 is 37.9 Å². The van der Waals surface area contributed by atoms with Crippen molar-refractivity contribution in [3.8, 4) is 0 Å². The van der Waals surface area contributed by atoms with Gasteiger partial charge in [-0.2, -0.15) is 0 Å². The van der Waals surface area contributed by atoms with Crippen LogP contribution in [0.15, 0.2) is 12.2 Å². The highest BCUT2D eigenvalue weighted by atomic mass is 31.2. The highest BCUT2D eigenvalue weighted by molar-refractivity contribution is 7.46. The Labute approximate surface area is 225 Å². The number of carbonyl (C=O) groups excluding carboxylic acids is 2. The van der Waals surface area contributed by atoms with Gasteiger partial charge in [0.2, 0.25) is 0 Å². The van der Waals surface area contributed by atoms with Crippen molar-refractivity contribution in [2.75, 3.05) is 13.2 Å². The maximum Gasteiger partial charge on any atom is 0.469 e. The second-order valence-electron chi connectivity index (χ2n) is 9.70. The van der Waals surface area contributed by atoms with Crippen LogP contribution in [0.2, 0.25) is 0 Å². The molecule has 0 aliphatic rings. The lowest BCUT2D eigenvalue weighted by Crippen LogP contribution is -2.29. The third-order valence-electron chi connectivity index (χ3n) is 6.05. The Hall–Kier alpha value is -1.21. The number of esters is 2. The molecule has 0 saturated heterocycles. The van der Waals surface area contributed by atoms with Crippen molar-refractivity contribution >= 4 is 19.8 Å². The lowest BCUT2D eigenvalue weighted by Gasteiger charge is -2.18. The van der Waals surface area contributed by atoms with Gasteiger partial charge in [-0.05, 0) is 32.1 Å². The molecule has 9 heteroatoms. The molecule has 0 radical (unpaired) electrons. The predicted molar refractivity (Wildman–Crippen MR) is 147 cm³/mol. The molecule has 1 atom stereocenters. The Morgan fingerprint density at radius 1 is 0.703 bits per heavy atom. The van der Waals surface area contributed by atoms with E-state index in [4.69, 9.17) is 19.3 Å². The van der Waals surface area contributed by atoms with E-state index in [1.54, 1.807) is 0 Å². The van der Waals surface area contributed by atoms with Crippen molar-refractivity contribution in [3.05, 3.63) is 12.2 Å². The largest absolute Gasteiger partial charge is 0.469 e. The third-order valence-corrected chi connectivity index (χ3v) is 6.53. The second kappa shape index (κ2) is 25.1. The minimum absolute atomic E-state index is 0.203. The summed E-state index contributed by atoms with van der Waals surface area (Å²) >= 11 is 0. The van der Waals surface area contributed by atoms with Crippen LogP contribution in [0.4, 0.5) is 0 Å². The van der Waals surface area contributed by atoms with E-state index in [0.717, 1.165) is 57.8 Å². The first-order chi connectivity index (χ1) is 17.8. The molecule has 0 heterocycles. The lowest BCUT2D eigenvalue weighted by molar-refractivity contribution is -0.161. The molecule has 218 valence electrons. The van der Waals surface area contributed by atoms with Crippen molar-refractivity contribution in [1.29, 1.82) is 0 Å². The van der Waals surface area contributed by atoms with E-state index in [-0.39, 0.29) is 19.4 Å². The van der Waals surface area contributed by atoms with Crippen molar-refractivity contribution in [2.24, 2.45) is 0 Å². The summed E-state index contributed by atoms with van der Waals surface area (Å²) in [6.07, 6.45) is 22.4. The quantitative estimate of drug-likeness (QED) is 0.0492. The van der Waals surface area contributed by atoms with E-state index in [1.165, 1.54) is 44.9 Å². The maximum atomic E-state index is 12.2. The molecule has 0 saturated carbocycles. The van der Waals surface area contributed by atoms with E-state index >= 15 is 0 Å². The van der Waals surface area contributed by atoms with Crippen molar-refractivity contribution in [2.45, 2.75) is 142 Å². The van der Waals surface area contributed by atoms with Crippen LogP contribution < -0.4 is 0 Å². The van der Waals surface area contributed by atoms with E-state index in [1.807, 2.05) is 0 Å². The summed E-state index contributed by atoms with van der Waals surface area (Å²) in [6, 6.07) is 0. The van der Waals surface area contributed by atoms with Crippen LogP contribution in [0.25, 0.3) is 0 Å². The molecule has 0 aliphatic carbocycles. The Kier molecular flexibility index (Phi) is 24.3. The fourth-order valence-corrected chi connectivity index (χ4v) is 4.26. The number of phosphoric acid groups is 1. The first-order valence-electron chi connectivity index (χ1n) is 14.5. The minimum Gasteiger partial charge on any atom is -0.462 e. The third kappa shape index (κ3) is 27.6. The summed E-state index contributed by atoms with van der Waals surface area (Å²) in [4.78, 5) is 42.2. The number of unbranched alkanes of at least 4 members (excludes halogenated alkanes) is 14. The van der Waals surface area contributed by atoms with Gasteiger partial charge in [-0.25, -0.2) is 4.57 Å². The first-order valence-corrected chi connectivity index (χ1v) is 16.0. The molecule has 0 aromatic heterocycles. The molecule has 0 unspecified atom stereocenters. The van der Waals surface area contributed by atoms with E-state index in [9.17, 15) is 14.2 Å². The Morgan fingerprint density at radius 2 is 1.22 bits per heavy atom. The van der Waals surface area contributed by atoms with Gasteiger partial charge in [0.1, 0.15) is 6.61 Å². The standard InChI is InChI=1S/C28H53O8P/c1-3-5-7-9-11-13-15-16-18-20-22-27(29)34-24-26(25-35-37(31,32)33)36-28(30)23-21-19-17-14-12-10-8-6-4-2/h6,8,26H,3-5,7,9-25H2,1-2H3,(H2,31,32,33)/b8-6-/t26-/m0/s1. The molecular weight excluding hydrogens is 495 g/mol. The maximum absolute atomic E-state index is 12.2. The van der Waals surface area contributed by atoms with Gasteiger partial charge >= 0.3 is 19.8 Å². The average molecular weight is 549 g/mol. The molecule has 0 rings (SSSR count). The summed E-state index contributed by atoms with van der Waals surface area (Å²) in [5.74, 6) is -0.901. The van der Waals surface area contributed by atoms with Crippen LogP contribution in [0.5, 0.6) is 0 Å². The molecule has 0 aromatic rings. The molecule has 0 aliphatic heterocycles. The van der Waals surface area contributed by atoms with Crippen LogP contribution in [-0.2, 0) is 28.2 Å². The fourth-order valence-electron chi connectivity index (χ4n) is 3.90. The second-order valence-corrected chi connectivity index (χ2v) is 10.9. The molecule has 37 heavy (non-hydrogen) atoms. The summed E-state index contributed by atoms with van der Waals surface area (Å²) in [5, 5.41) is 0. The number of ether oxygens (including phenoxy) is 2. The molecule has 0 spiro atoms. The number of rotatable bonds is 26. The SMILES string of the molecule is CC/C=C\CCCCCCCC(=O)O[C@@H](COC(=O)CCCCCCCCCCCC)COP(=O)(O)O. The molecule has 0 amide bonds. The van der Waals surface area contributed by atoms with Crippen LogP contribution in [-0.4, -0.2) is 41.0 Å². The topological polar surface area (TPSA) is 119 Å². The summed E-state index contributed by atoms with van der Waals surface area (Å²) in [6.45, 7) is 3.51. The zero-order valence-electron chi connectivity index (χ0n) is 23.4. The zero-order valence-corrected chi connectivity index (χ0v) is 24.3. The number of hydrogen-bond acceptors (Lipinski definition) is 6. The highest BCUT2D eigenvalue weighted by Gasteiger charge is 2.22. The number of phosphoric ester groups is 1. The van der Waals surface area contributed by atoms with Crippen LogP contribution >= 0.6 is 7.82 Å². The smallest absolute Gasteiger partial charge is 0.462 e. The van der Waals surface area contributed by atoms with Gasteiger partial charge in [0.15, 0.2) is 6.10 Å². The van der Waals surface area contributed by atoms with Crippen LogP contribution in [0.1, 0.15) is 136 Å². The number of allylic oxidation sites excluding steroid dienone is 2. The van der Waals surface area contributed by atoms with Gasteiger partial charge in [0.25, 0.3) is 0 Å². The predicted octanol–water partition coefficient (Wildman–Crippen LogP) is 7.56. The average Bonchev–Trinajstić information content (AvgIpc) is 2.85. The molecular formula is C28H53O8P. The van der Waals surface area contributed by atoms with Crippen LogP contribution in [0.3, 0.4) is 0 Å². The number of hydrogen-bond donors (Lipinski definition) is 2. The Morgan fingerprint density at radius 3 is 1.76 bits per heavy atom. The van der Waals surface area contributed by atoms with Gasteiger partial charge in [0, 0.05) is 12.8 Å². The molecule has 0 aromatic carbocycles. The minimum atomic E-state index is -4.73. The molecule has 2 N–H and O–H groups in total. The van der Waals surface area contributed by atoms with E-state index in [0.29, 0.717) is 6.42 Å². The van der Waals surface area contributed by atoms with Gasteiger partial charge in [-0.15, -0.1) is 0 Å². The van der Waals surface area contributed by atoms with Crippen molar-refractivity contribution in [1.82, 2.24) is 0 Å². The van der Waals surface area contributed by atoms with Gasteiger partial charge in [0.05, 0.1) is 6.61 Å². The lowest BCUT2D eigenvalue weighted by atomic mass is 10.1. The summed E-state index contributed by atoms with van der Waals surface area (Å²) in [7, 11) is -4.73. The Bertz CT molecular complexity index is 632. The van der Waals surface area contributed by atoms with E-state index in [2.05, 4.69) is 30.5 Å². The summed E-state index contributed by atoms with van der Waals surface area (Å²) < 4.78 is 26.0. The normalized spacial score (nSPS) is 12.6.